The lowest BCUT2D eigenvalue weighted by Crippen LogP contribution is -2.99. The van der Waals surface area contributed by atoms with Crippen LogP contribution in [0.1, 0.15) is 0 Å². The molecule has 2 aliphatic carbocycles. The van der Waals surface area contributed by atoms with E-state index < -0.39 is 65.3 Å². The van der Waals surface area contributed by atoms with Crippen molar-refractivity contribution in [2.45, 2.75) is 58.7 Å². The molecular weight excluding hydrogens is 495 g/mol. The number of hydrogen-bond acceptors (Lipinski definition) is 1. The Balaban J connectivity index is 3.25. The van der Waals surface area contributed by atoms with Crippen molar-refractivity contribution in [2.24, 2.45) is 0 Å². The van der Waals surface area contributed by atoms with E-state index in [-0.39, 0.29) is 6.08 Å². The Labute approximate surface area is 158 Å². The van der Waals surface area contributed by atoms with Gasteiger partial charge in [0.1, 0.15) is 0 Å². The van der Waals surface area contributed by atoms with Crippen molar-refractivity contribution in [3.05, 3.63) is 12.7 Å². The van der Waals surface area contributed by atoms with Crippen LogP contribution in [0.5, 0.6) is 0 Å². The van der Waals surface area contributed by atoms with Gasteiger partial charge in [0.15, 0.2) is 0 Å². The highest BCUT2D eigenvalue weighted by Crippen LogP contribution is 2.80. The monoisotopic (exact) mass is 500 g/mol. The summed E-state index contributed by atoms with van der Waals surface area (Å²) in [6, 6.07) is 0. The van der Waals surface area contributed by atoms with Crippen LogP contribution in [0.15, 0.2) is 12.7 Å². The quantitative estimate of drug-likeness (QED) is 0.355. The van der Waals surface area contributed by atoms with Crippen LogP contribution < -0.4 is 0 Å². The van der Waals surface area contributed by atoms with Crippen molar-refractivity contribution in [3.8, 4) is 0 Å². The molecule has 0 heterocycles. The number of rotatable bonds is 3. The second kappa shape index (κ2) is 5.70. The van der Waals surface area contributed by atoms with Crippen LogP contribution in [0.25, 0.3) is 0 Å². The molecule has 0 radical (unpaired) electrons. The molecule has 0 bridgehead atoms. The van der Waals surface area contributed by atoms with Crippen LogP contribution in [0.2, 0.25) is 0 Å². The molecule has 2 rings (SSSR count). The zero-order chi connectivity index (χ0) is 25.1. The maximum absolute atomic E-state index is 15.0. The van der Waals surface area contributed by atoms with Crippen LogP contribution in [0.3, 0.4) is 0 Å². The lowest BCUT2D eigenvalue weighted by Gasteiger charge is -2.64. The van der Waals surface area contributed by atoms with Crippen LogP contribution >= 0.6 is 0 Å². The minimum atomic E-state index is -8.43. The first kappa shape index (κ1) is 25.8. The molecule has 31 heavy (non-hydrogen) atoms. The summed E-state index contributed by atoms with van der Waals surface area (Å²) in [6.45, 7) is 0.193. The summed E-state index contributed by atoms with van der Waals surface area (Å²) in [6.07, 6.45) is -0.128. The van der Waals surface area contributed by atoms with Crippen LogP contribution in [-0.4, -0.2) is 65.3 Å². The zero-order valence-electron chi connectivity index (χ0n) is 13.8. The average molecular weight is 500 g/mol. The maximum atomic E-state index is 15.0. The van der Waals surface area contributed by atoms with E-state index in [9.17, 15) is 74.6 Å². The van der Waals surface area contributed by atoms with Gasteiger partial charge >= 0.3 is 47.3 Å². The van der Waals surface area contributed by atoms with Gasteiger partial charge in [-0.2, -0.15) is 61.5 Å². The number of halogens is 17. The fourth-order valence-electron chi connectivity index (χ4n) is 3.29. The zero-order valence-corrected chi connectivity index (χ0v) is 13.8. The van der Waals surface area contributed by atoms with E-state index in [1.165, 1.54) is 0 Å². The van der Waals surface area contributed by atoms with Crippen molar-refractivity contribution in [3.63, 3.8) is 0 Å². The minimum absolute atomic E-state index is 0.128. The molecule has 0 N–H and O–H groups in total. The molecule has 0 aromatic carbocycles. The van der Waals surface area contributed by atoms with Gasteiger partial charge in [0.05, 0.1) is 6.61 Å². The minimum Gasteiger partial charge on any atom is -0.334 e. The summed E-state index contributed by atoms with van der Waals surface area (Å²) in [5.74, 6) is -64.5. The Morgan fingerprint density at radius 3 is 1.06 bits per heavy atom. The molecule has 2 fully saturated rings. The molecule has 182 valence electrons. The molecule has 0 aliphatic heterocycles. The van der Waals surface area contributed by atoms with Gasteiger partial charge in [-0.15, -0.1) is 6.58 Å². The highest BCUT2D eigenvalue weighted by atomic mass is 19.4. The topological polar surface area (TPSA) is 9.23 Å². The van der Waals surface area contributed by atoms with E-state index in [0.717, 1.165) is 0 Å². The smallest absolute Gasteiger partial charge is 0.334 e. The molecule has 0 aromatic rings. The van der Waals surface area contributed by atoms with E-state index in [2.05, 4.69) is 11.3 Å². The molecule has 3 atom stereocenters. The molecule has 0 aromatic heterocycles. The van der Waals surface area contributed by atoms with E-state index in [1.54, 1.807) is 0 Å². The summed E-state index contributed by atoms with van der Waals surface area (Å²) in [5.41, 5.74) is -16.7. The van der Waals surface area contributed by atoms with Crippen molar-refractivity contribution in [1.29, 1.82) is 0 Å². The van der Waals surface area contributed by atoms with Gasteiger partial charge < -0.3 is 4.74 Å². The highest BCUT2D eigenvalue weighted by molar-refractivity contribution is 5.42. The van der Waals surface area contributed by atoms with E-state index in [0.29, 0.717) is 0 Å². The Bertz CT molecular complexity index is 779. The molecule has 18 heteroatoms. The predicted octanol–water partition coefficient (Wildman–Crippen LogP) is 5.75. The SMILES string of the molecule is C=CCOC1(F)C(F)(F)C(F)(F)C(F)(F)[C@]2(F)C(F)(F)C(F)(F)C(F)(F)C(F)(F)[C@@]12F. The van der Waals surface area contributed by atoms with Crippen LogP contribution in [0.4, 0.5) is 74.6 Å². The second-order valence-electron chi connectivity index (χ2n) is 6.53. The van der Waals surface area contributed by atoms with Gasteiger partial charge in [-0.05, 0) is 0 Å². The lowest BCUT2D eigenvalue weighted by atomic mass is 9.54. The third-order valence-electron chi connectivity index (χ3n) is 4.99. The largest absolute Gasteiger partial charge is 0.382 e. The van der Waals surface area contributed by atoms with Crippen molar-refractivity contribution >= 4 is 0 Å². The summed E-state index contributed by atoms with van der Waals surface area (Å²) in [4.78, 5) is 0. The Kier molecular flexibility index (Phi) is 4.74. The molecular formula is C13H5F17O. The summed E-state index contributed by atoms with van der Waals surface area (Å²) in [7, 11) is 0. The maximum Gasteiger partial charge on any atom is 0.382 e. The van der Waals surface area contributed by atoms with Gasteiger partial charge in [0.25, 0.3) is 11.3 Å². The number of alkyl halides is 17. The van der Waals surface area contributed by atoms with Crippen molar-refractivity contribution in [1.82, 2.24) is 0 Å². The first-order valence-electron chi connectivity index (χ1n) is 7.27. The van der Waals surface area contributed by atoms with E-state index in [4.69, 9.17) is 0 Å². The molecule has 2 aliphatic rings. The highest BCUT2D eigenvalue weighted by Gasteiger charge is 3.15. The Hall–Kier alpha value is -1.49. The number of fused-ring (bicyclic) bond motifs is 1. The van der Waals surface area contributed by atoms with Crippen LogP contribution in [-0.2, 0) is 4.74 Å². The number of hydrogen-bond donors (Lipinski definition) is 0. The van der Waals surface area contributed by atoms with Gasteiger partial charge in [-0.3, -0.25) is 0 Å². The predicted molar refractivity (Wildman–Crippen MR) is 62.3 cm³/mol. The standard InChI is InChI=1S/C13H5F17O/c1-2-3-31-13(30)5(15)4(14,7(18,19)11(26,27)12(13,28)29)6(16,17)9(22,23)10(24,25)8(5,20)21/h2H,1,3H2/t4-,5-,13?/m1/s1. The molecule has 0 saturated heterocycles. The molecule has 0 amide bonds. The summed E-state index contributed by atoms with van der Waals surface area (Å²) in [5, 5.41) is 0. The molecule has 2 saturated carbocycles. The average Bonchev–Trinajstić information content (AvgIpc) is 2.61. The Morgan fingerprint density at radius 2 is 0.742 bits per heavy atom. The Morgan fingerprint density at radius 1 is 0.452 bits per heavy atom. The molecule has 1 unspecified atom stereocenters. The fraction of sp³-hybridized carbons (Fsp3) is 0.846. The molecule has 0 spiro atoms. The van der Waals surface area contributed by atoms with E-state index in [1.807, 2.05) is 0 Å². The normalized spacial score (nSPS) is 43.0. The van der Waals surface area contributed by atoms with Gasteiger partial charge in [0.2, 0.25) is 0 Å². The van der Waals surface area contributed by atoms with Gasteiger partial charge in [-0.25, -0.2) is 13.2 Å². The number of ether oxygens (including phenoxy) is 1. The van der Waals surface area contributed by atoms with Crippen molar-refractivity contribution in [2.75, 3.05) is 6.61 Å². The third kappa shape index (κ3) is 1.91. The van der Waals surface area contributed by atoms with E-state index >= 15 is 0 Å². The fourth-order valence-corrected chi connectivity index (χ4v) is 3.29. The summed E-state index contributed by atoms with van der Waals surface area (Å²) < 4.78 is 240. The van der Waals surface area contributed by atoms with Crippen molar-refractivity contribution < 1.29 is 79.4 Å². The first-order valence-corrected chi connectivity index (χ1v) is 7.27. The first-order chi connectivity index (χ1) is 13.3. The summed E-state index contributed by atoms with van der Waals surface area (Å²) >= 11 is 0. The van der Waals surface area contributed by atoms with Gasteiger partial charge in [0, 0.05) is 0 Å². The van der Waals surface area contributed by atoms with Crippen LogP contribution in [0, 0.1) is 0 Å². The third-order valence-corrected chi connectivity index (χ3v) is 4.99. The lowest BCUT2D eigenvalue weighted by molar-refractivity contribution is -0.570. The molecule has 1 nitrogen and oxygen atoms in total. The second-order valence-corrected chi connectivity index (χ2v) is 6.53. The van der Waals surface area contributed by atoms with Gasteiger partial charge in [-0.1, -0.05) is 6.08 Å².